The molecule has 7 heteroatoms. The fourth-order valence-electron chi connectivity index (χ4n) is 3.37. The standard InChI is InChI=1S/C23H19FN2O3S/c1-15-13-17(24)11-12-18(15)23-22(19-9-5-6-10-20(19)30(25,27)28)26-21(29-23)14-16-7-3-2-4-8-16/h2-13H,14H2,1H3,(H2,25,27,28). The fraction of sp³-hybridized carbons (Fsp3) is 0.0870. The molecular formula is C23H19FN2O3S. The van der Waals surface area contributed by atoms with Crippen LogP contribution in [0, 0.1) is 12.7 Å². The number of benzene rings is 3. The molecule has 30 heavy (non-hydrogen) atoms. The smallest absolute Gasteiger partial charge is 0.238 e. The van der Waals surface area contributed by atoms with Gasteiger partial charge in [-0.2, -0.15) is 0 Å². The van der Waals surface area contributed by atoms with Crippen LogP contribution in [0.25, 0.3) is 22.6 Å². The van der Waals surface area contributed by atoms with Gasteiger partial charge in [0.25, 0.3) is 0 Å². The monoisotopic (exact) mass is 422 g/mol. The number of hydrogen-bond donors (Lipinski definition) is 1. The lowest BCUT2D eigenvalue weighted by Crippen LogP contribution is -2.13. The Kier molecular flexibility index (Phi) is 5.24. The van der Waals surface area contributed by atoms with Gasteiger partial charge in [0.05, 0.1) is 4.90 Å². The van der Waals surface area contributed by atoms with Crippen molar-refractivity contribution in [1.82, 2.24) is 4.98 Å². The highest BCUT2D eigenvalue weighted by atomic mass is 32.2. The summed E-state index contributed by atoms with van der Waals surface area (Å²) in [6, 6.07) is 20.3. The summed E-state index contributed by atoms with van der Waals surface area (Å²) >= 11 is 0. The van der Waals surface area contributed by atoms with Crippen LogP contribution in [0.2, 0.25) is 0 Å². The molecule has 0 saturated carbocycles. The van der Waals surface area contributed by atoms with Crippen LogP contribution in [0.15, 0.2) is 82.1 Å². The Morgan fingerprint density at radius 1 is 0.967 bits per heavy atom. The fourth-order valence-corrected chi connectivity index (χ4v) is 4.11. The zero-order chi connectivity index (χ0) is 21.3. The lowest BCUT2D eigenvalue weighted by molar-refractivity contribution is 0.519. The highest BCUT2D eigenvalue weighted by molar-refractivity contribution is 7.89. The molecule has 4 aromatic rings. The number of hydrogen-bond acceptors (Lipinski definition) is 4. The molecule has 152 valence electrons. The average Bonchev–Trinajstić information content (AvgIpc) is 3.11. The van der Waals surface area contributed by atoms with Crippen LogP contribution in [0.4, 0.5) is 4.39 Å². The number of halogens is 1. The molecule has 0 aliphatic rings. The van der Waals surface area contributed by atoms with Crippen LogP contribution in [-0.2, 0) is 16.4 Å². The molecule has 1 heterocycles. The Morgan fingerprint density at radius 2 is 1.67 bits per heavy atom. The largest absolute Gasteiger partial charge is 0.440 e. The lowest BCUT2D eigenvalue weighted by atomic mass is 10.0. The molecule has 4 rings (SSSR count). The van der Waals surface area contributed by atoms with Crippen LogP contribution in [0.1, 0.15) is 17.0 Å². The van der Waals surface area contributed by atoms with E-state index < -0.39 is 10.0 Å². The van der Waals surface area contributed by atoms with Crippen molar-refractivity contribution < 1.29 is 17.2 Å². The number of aryl methyl sites for hydroxylation is 1. The van der Waals surface area contributed by atoms with E-state index in [4.69, 9.17) is 9.56 Å². The molecule has 3 aromatic carbocycles. The Labute approximate surface area is 174 Å². The predicted octanol–water partition coefficient (Wildman–Crippen LogP) is 4.69. The van der Waals surface area contributed by atoms with Crippen molar-refractivity contribution in [3.63, 3.8) is 0 Å². The summed E-state index contributed by atoms with van der Waals surface area (Å²) in [5.74, 6) is 0.417. The van der Waals surface area contributed by atoms with E-state index in [1.807, 2.05) is 30.3 Å². The van der Waals surface area contributed by atoms with E-state index in [0.717, 1.165) is 5.56 Å². The second-order valence-electron chi connectivity index (χ2n) is 6.95. The Morgan fingerprint density at radius 3 is 2.37 bits per heavy atom. The van der Waals surface area contributed by atoms with Gasteiger partial charge >= 0.3 is 0 Å². The molecule has 5 nitrogen and oxygen atoms in total. The van der Waals surface area contributed by atoms with Crippen molar-refractivity contribution in [1.29, 1.82) is 0 Å². The Hall–Kier alpha value is -3.29. The zero-order valence-electron chi connectivity index (χ0n) is 16.2. The summed E-state index contributed by atoms with van der Waals surface area (Å²) in [6.45, 7) is 1.76. The minimum atomic E-state index is -3.99. The van der Waals surface area contributed by atoms with Gasteiger partial charge in [-0.3, -0.25) is 0 Å². The second kappa shape index (κ2) is 7.85. The average molecular weight is 422 g/mol. The van der Waals surface area contributed by atoms with Gasteiger partial charge < -0.3 is 4.42 Å². The number of nitrogens with zero attached hydrogens (tertiary/aromatic N) is 1. The van der Waals surface area contributed by atoms with Gasteiger partial charge in [0.15, 0.2) is 11.7 Å². The molecule has 0 fully saturated rings. The van der Waals surface area contributed by atoms with Crippen molar-refractivity contribution in [2.75, 3.05) is 0 Å². The van der Waals surface area contributed by atoms with E-state index in [1.54, 1.807) is 31.2 Å². The first-order valence-electron chi connectivity index (χ1n) is 9.25. The van der Waals surface area contributed by atoms with Gasteiger partial charge in [0, 0.05) is 17.5 Å². The van der Waals surface area contributed by atoms with Gasteiger partial charge in [-0.05, 0) is 42.3 Å². The van der Waals surface area contributed by atoms with Gasteiger partial charge in [-0.25, -0.2) is 22.9 Å². The normalized spacial score (nSPS) is 11.6. The van der Waals surface area contributed by atoms with Crippen LogP contribution in [0.3, 0.4) is 0 Å². The van der Waals surface area contributed by atoms with E-state index in [2.05, 4.69) is 4.98 Å². The predicted molar refractivity (Wildman–Crippen MR) is 113 cm³/mol. The summed E-state index contributed by atoms with van der Waals surface area (Å²) < 4.78 is 44.0. The third-order valence-electron chi connectivity index (χ3n) is 4.75. The molecule has 0 aliphatic heterocycles. The maximum atomic E-state index is 13.7. The van der Waals surface area contributed by atoms with Crippen LogP contribution in [-0.4, -0.2) is 13.4 Å². The van der Waals surface area contributed by atoms with E-state index in [9.17, 15) is 12.8 Å². The summed E-state index contributed by atoms with van der Waals surface area (Å²) in [5, 5.41) is 5.43. The van der Waals surface area contributed by atoms with Crippen LogP contribution in [0.5, 0.6) is 0 Å². The van der Waals surface area contributed by atoms with E-state index in [-0.39, 0.29) is 10.7 Å². The molecule has 0 unspecified atom stereocenters. The summed E-state index contributed by atoms with van der Waals surface area (Å²) in [6.07, 6.45) is 0.422. The van der Waals surface area contributed by atoms with Crippen molar-refractivity contribution in [3.8, 4) is 22.6 Å². The molecule has 0 aliphatic carbocycles. The van der Waals surface area contributed by atoms with E-state index in [0.29, 0.717) is 40.5 Å². The third-order valence-corrected chi connectivity index (χ3v) is 5.72. The van der Waals surface area contributed by atoms with Crippen LogP contribution < -0.4 is 5.14 Å². The highest BCUT2D eigenvalue weighted by Crippen LogP contribution is 2.37. The van der Waals surface area contributed by atoms with Gasteiger partial charge in [-0.15, -0.1) is 0 Å². The topological polar surface area (TPSA) is 86.2 Å². The molecule has 0 radical (unpaired) electrons. The second-order valence-corrected chi connectivity index (χ2v) is 8.48. The number of nitrogens with two attached hydrogens (primary N) is 1. The zero-order valence-corrected chi connectivity index (χ0v) is 17.0. The van der Waals surface area contributed by atoms with Crippen LogP contribution >= 0.6 is 0 Å². The third kappa shape index (κ3) is 4.03. The SMILES string of the molecule is Cc1cc(F)ccc1-c1oc(Cc2ccccc2)nc1-c1ccccc1S(N)(=O)=O. The van der Waals surface area contributed by atoms with Crippen molar-refractivity contribution >= 4 is 10.0 Å². The molecule has 0 saturated heterocycles. The number of rotatable bonds is 5. The highest BCUT2D eigenvalue weighted by Gasteiger charge is 2.24. The minimum Gasteiger partial charge on any atom is -0.440 e. The summed E-state index contributed by atoms with van der Waals surface area (Å²) in [7, 11) is -3.99. The van der Waals surface area contributed by atoms with Crippen molar-refractivity contribution in [2.24, 2.45) is 5.14 Å². The minimum absolute atomic E-state index is 0.0504. The number of primary sulfonamides is 1. The first kappa shape index (κ1) is 20.0. The molecule has 1 aromatic heterocycles. The van der Waals surface area contributed by atoms with Gasteiger partial charge in [-0.1, -0.05) is 48.5 Å². The lowest BCUT2D eigenvalue weighted by Gasteiger charge is -2.08. The van der Waals surface area contributed by atoms with Gasteiger partial charge in [0.2, 0.25) is 10.0 Å². The molecule has 2 N–H and O–H groups in total. The molecule has 0 bridgehead atoms. The Balaban J connectivity index is 1.93. The summed E-state index contributed by atoms with van der Waals surface area (Å²) in [5.41, 5.74) is 2.95. The molecular weight excluding hydrogens is 403 g/mol. The Bertz CT molecular complexity index is 1320. The van der Waals surface area contributed by atoms with E-state index >= 15 is 0 Å². The maximum absolute atomic E-state index is 13.7. The maximum Gasteiger partial charge on any atom is 0.238 e. The first-order valence-corrected chi connectivity index (χ1v) is 10.8. The quantitative estimate of drug-likeness (QED) is 0.505. The van der Waals surface area contributed by atoms with Crippen molar-refractivity contribution in [2.45, 2.75) is 18.2 Å². The first-order chi connectivity index (χ1) is 14.3. The number of oxazole rings is 1. The molecule has 0 atom stereocenters. The van der Waals surface area contributed by atoms with Gasteiger partial charge in [0.1, 0.15) is 11.5 Å². The van der Waals surface area contributed by atoms with E-state index in [1.165, 1.54) is 18.2 Å². The number of aromatic nitrogens is 1. The summed E-state index contributed by atoms with van der Waals surface area (Å²) in [4.78, 5) is 4.56. The molecule has 0 amide bonds. The number of sulfonamides is 1. The molecule has 0 spiro atoms. The van der Waals surface area contributed by atoms with Crippen molar-refractivity contribution in [3.05, 3.63) is 95.6 Å².